The third-order valence-electron chi connectivity index (χ3n) is 5.10. The number of aromatic nitrogens is 3. The Bertz CT molecular complexity index is 414. The van der Waals surface area contributed by atoms with E-state index in [9.17, 15) is 0 Å². The van der Waals surface area contributed by atoms with Crippen molar-refractivity contribution in [3.8, 4) is 0 Å². The first-order chi connectivity index (χ1) is 9.22. The van der Waals surface area contributed by atoms with Crippen LogP contribution in [0.15, 0.2) is 6.33 Å². The van der Waals surface area contributed by atoms with Gasteiger partial charge in [-0.1, -0.05) is 12.8 Å². The second-order valence-corrected chi connectivity index (χ2v) is 6.50. The van der Waals surface area contributed by atoms with Crippen molar-refractivity contribution in [2.24, 2.45) is 17.8 Å². The molecule has 1 aromatic rings. The van der Waals surface area contributed by atoms with Crippen LogP contribution in [0.5, 0.6) is 0 Å². The molecule has 3 rings (SSSR count). The summed E-state index contributed by atoms with van der Waals surface area (Å²) >= 11 is 0. The Kier molecular flexibility index (Phi) is 3.61. The monoisotopic (exact) mass is 262 g/mol. The van der Waals surface area contributed by atoms with E-state index in [1.807, 2.05) is 0 Å². The Morgan fingerprint density at radius 2 is 2.00 bits per heavy atom. The lowest BCUT2D eigenvalue weighted by Gasteiger charge is -2.17. The van der Waals surface area contributed by atoms with Crippen molar-refractivity contribution in [3.63, 3.8) is 0 Å². The normalized spacial score (nSPS) is 31.3. The molecule has 0 aliphatic heterocycles. The van der Waals surface area contributed by atoms with E-state index >= 15 is 0 Å². The van der Waals surface area contributed by atoms with Crippen LogP contribution in [0.1, 0.15) is 51.4 Å². The van der Waals surface area contributed by atoms with Gasteiger partial charge in [-0.15, -0.1) is 0 Å². The number of hydrogen-bond donors (Lipinski definition) is 1. The Morgan fingerprint density at radius 3 is 2.58 bits per heavy atom. The minimum Gasteiger partial charge on any atom is -0.316 e. The molecule has 19 heavy (non-hydrogen) atoms. The Labute approximate surface area is 116 Å². The van der Waals surface area contributed by atoms with E-state index in [2.05, 4.69) is 41.0 Å². The smallest absolute Gasteiger partial charge is 0.138 e. The van der Waals surface area contributed by atoms with Crippen LogP contribution >= 0.6 is 0 Å². The van der Waals surface area contributed by atoms with E-state index in [0.29, 0.717) is 12.1 Å². The third kappa shape index (κ3) is 2.42. The molecular formula is C15H26N4. The first kappa shape index (κ1) is 13.1. The van der Waals surface area contributed by atoms with Crippen molar-refractivity contribution in [1.29, 1.82) is 0 Å². The number of nitrogens with zero attached hydrogens (tertiary/aromatic N) is 3. The van der Waals surface area contributed by atoms with Crippen LogP contribution in [0.25, 0.3) is 0 Å². The van der Waals surface area contributed by atoms with Crippen molar-refractivity contribution < 1.29 is 0 Å². The van der Waals surface area contributed by atoms with E-state index < -0.39 is 0 Å². The minimum absolute atomic E-state index is 0.400. The van der Waals surface area contributed by atoms with Gasteiger partial charge in [-0.25, -0.2) is 9.67 Å². The summed E-state index contributed by atoms with van der Waals surface area (Å²) in [5, 5.41) is 7.89. The molecule has 0 saturated heterocycles. The summed E-state index contributed by atoms with van der Waals surface area (Å²) < 4.78 is 2.07. The molecule has 3 atom stereocenters. The molecule has 0 spiro atoms. The highest BCUT2D eigenvalue weighted by molar-refractivity contribution is 5.07. The summed E-state index contributed by atoms with van der Waals surface area (Å²) in [6.07, 6.45) is 8.50. The molecule has 0 bridgehead atoms. The van der Waals surface area contributed by atoms with Crippen LogP contribution in [-0.4, -0.2) is 27.9 Å². The molecule has 2 fully saturated rings. The van der Waals surface area contributed by atoms with Gasteiger partial charge in [-0.05, 0) is 51.5 Å². The number of likely N-dealkylation sites (N-methyl/N-ethyl adjacent to an activating group) is 1. The van der Waals surface area contributed by atoms with Gasteiger partial charge in [0.15, 0.2) is 0 Å². The van der Waals surface area contributed by atoms with E-state index in [1.54, 1.807) is 6.33 Å². The Balaban J connectivity index is 1.68. The van der Waals surface area contributed by atoms with Crippen LogP contribution in [0.4, 0.5) is 0 Å². The van der Waals surface area contributed by atoms with E-state index in [0.717, 1.165) is 30.0 Å². The summed E-state index contributed by atoms with van der Waals surface area (Å²) in [5.41, 5.74) is 0. The molecule has 2 aliphatic rings. The average molecular weight is 262 g/mol. The van der Waals surface area contributed by atoms with Gasteiger partial charge in [0.2, 0.25) is 0 Å². The van der Waals surface area contributed by atoms with Crippen molar-refractivity contribution in [3.05, 3.63) is 12.2 Å². The Morgan fingerprint density at radius 1 is 1.32 bits per heavy atom. The highest BCUT2D eigenvalue weighted by Gasteiger charge is 2.53. The predicted molar refractivity (Wildman–Crippen MR) is 75.9 cm³/mol. The second kappa shape index (κ2) is 5.23. The Hall–Kier alpha value is -0.900. The number of rotatable bonds is 5. The van der Waals surface area contributed by atoms with E-state index in [4.69, 9.17) is 0 Å². The van der Waals surface area contributed by atoms with Gasteiger partial charge in [0.25, 0.3) is 0 Å². The first-order valence-corrected chi connectivity index (χ1v) is 7.78. The molecule has 2 saturated carbocycles. The largest absolute Gasteiger partial charge is 0.316 e. The molecule has 0 aromatic carbocycles. The SMILES string of the molecule is CNC(Cc1ncnn1C(C)C)C1C2CCCCC21. The zero-order valence-corrected chi connectivity index (χ0v) is 12.3. The molecular weight excluding hydrogens is 236 g/mol. The molecule has 1 heterocycles. The van der Waals surface area contributed by atoms with Crippen molar-refractivity contribution in [2.45, 2.75) is 58.0 Å². The van der Waals surface area contributed by atoms with Gasteiger partial charge in [0.1, 0.15) is 12.2 Å². The highest BCUT2D eigenvalue weighted by atomic mass is 15.3. The van der Waals surface area contributed by atoms with Gasteiger partial charge < -0.3 is 5.32 Å². The van der Waals surface area contributed by atoms with Crippen molar-refractivity contribution in [1.82, 2.24) is 20.1 Å². The molecule has 4 heteroatoms. The lowest BCUT2D eigenvalue weighted by Crippen LogP contribution is -2.32. The molecule has 106 valence electrons. The molecule has 0 radical (unpaired) electrons. The summed E-state index contributed by atoms with van der Waals surface area (Å²) in [5.74, 6) is 3.99. The number of nitrogens with one attached hydrogen (secondary N) is 1. The fourth-order valence-corrected chi connectivity index (χ4v) is 4.12. The van der Waals surface area contributed by atoms with Crippen molar-refractivity contribution >= 4 is 0 Å². The first-order valence-electron chi connectivity index (χ1n) is 7.78. The fourth-order valence-electron chi connectivity index (χ4n) is 4.12. The van der Waals surface area contributed by atoms with Gasteiger partial charge in [0.05, 0.1) is 0 Å². The summed E-state index contributed by atoms with van der Waals surface area (Å²) in [6.45, 7) is 4.34. The third-order valence-corrected chi connectivity index (χ3v) is 5.10. The number of fused-ring (bicyclic) bond motifs is 1. The lowest BCUT2D eigenvalue weighted by atomic mass is 10.0. The molecule has 1 N–H and O–H groups in total. The standard InChI is InChI=1S/C15H26N4/c1-10(2)19-14(17-9-18-19)8-13(16-3)15-11-6-4-5-7-12(11)15/h9-13,15-16H,4-8H2,1-3H3. The summed E-state index contributed by atoms with van der Waals surface area (Å²) in [6, 6.07) is 0.978. The maximum atomic E-state index is 4.46. The van der Waals surface area contributed by atoms with Crippen LogP contribution in [-0.2, 0) is 6.42 Å². The minimum atomic E-state index is 0.400. The van der Waals surface area contributed by atoms with Gasteiger partial charge in [-0.2, -0.15) is 5.10 Å². The van der Waals surface area contributed by atoms with Crippen molar-refractivity contribution in [2.75, 3.05) is 7.05 Å². The maximum absolute atomic E-state index is 4.46. The summed E-state index contributed by atoms with van der Waals surface area (Å²) in [4.78, 5) is 4.46. The molecule has 3 unspecified atom stereocenters. The molecule has 1 aromatic heterocycles. The van der Waals surface area contributed by atoms with Crippen LogP contribution in [0.2, 0.25) is 0 Å². The van der Waals surface area contributed by atoms with Gasteiger partial charge >= 0.3 is 0 Å². The number of hydrogen-bond acceptors (Lipinski definition) is 3. The lowest BCUT2D eigenvalue weighted by molar-refractivity contribution is 0.425. The topological polar surface area (TPSA) is 42.7 Å². The van der Waals surface area contributed by atoms with E-state index in [1.165, 1.54) is 25.7 Å². The van der Waals surface area contributed by atoms with Gasteiger partial charge in [0, 0.05) is 18.5 Å². The zero-order valence-electron chi connectivity index (χ0n) is 12.3. The fraction of sp³-hybridized carbons (Fsp3) is 0.867. The predicted octanol–water partition coefficient (Wildman–Crippen LogP) is 2.43. The van der Waals surface area contributed by atoms with Crippen LogP contribution in [0.3, 0.4) is 0 Å². The van der Waals surface area contributed by atoms with Gasteiger partial charge in [-0.3, -0.25) is 0 Å². The highest BCUT2D eigenvalue weighted by Crippen LogP contribution is 2.57. The van der Waals surface area contributed by atoms with E-state index in [-0.39, 0.29) is 0 Å². The van der Waals surface area contributed by atoms with Crippen LogP contribution in [0, 0.1) is 17.8 Å². The second-order valence-electron chi connectivity index (χ2n) is 6.50. The molecule has 2 aliphatic carbocycles. The zero-order chi connectivity index (χ0) is 13.4. The molecule has 0 amide bonds. The maximum Gasteiger partial charge on any atom is 0.138 e. The summed E-state index contributed by atoms with van der Waals surface area (Å²) in [7, 11) is 2.10. The van der Waals surface area contributed by atoms with Crippen LogP contribution < -0.4 is 5.32 Å². The molecule has 4 nitrogen and oxygen atoms in total. The quantitative estimate of drug-likeness (QED) is 0.886. The average Bonchev–Trinajstić information content (AvgIpc) is 2.94.